The molecule has 1 aliphatic rings. The van der Waals surface area contributed by atoms with Crippen molar-refractivity contribution in [2.24, 2.45) is 0 Å². The Hall–Kier alpha value is -3.91. The summed E-state index contributed by atoms with van der Waals surface area (Å²) in [4.78, 5) is 22.4. The second-order valence-corrected chi connectivity index (χ2v) is 8.69. The molecule has 7 nitrogen and oxygen atoms in total. The van der Waals surface area contributed by atoms with Gasteiger partial charge in [-0.3, -0.25) is 14.7 Å². The fraction of sp³-hybridized carbons (Fsp3) is 0.259. The average Bonchev–Trinajstić information content (AvgIpc) is 3.39. The number of pyridine rings is 2. The molecule has 1 atom stereocenters. The normalized spacial score (nSPS) is 15.3. The van der Waals surface area contributed by atoms with Crippen molar-refractivity contribution in [3.63, 3.8) is 0 Å². The van der Waals surface area contributed by atoms with E-state index in [1.165, 1.54) is 6.07 Å². The van der Waals surface area contributed by atoms with E-state index in [2.05, 4.69) is 9.88 Å². The second kappa shape index (κ2) is 9.76. The molecular weight excluding hydrogens is 447 g/mol. The van der Waals surface area contributed by atoms with E-state index in [1.807, 2.05) is 35.2 Å². The monoisotopic (exact) mass is 474 g/mol. The maximum Gasteiger partial charge on any atom is 0.260 e. The van der Waals surface area contributed by atoms with Gasteiger partial charge in [-0.1, -0.05) is 18.2 Å². The van der Waals surface area contributed by atoms with E-state index in [0.717, 1.165) is 0 Å². The Morgan fingerprint density at radius 1 is 1.06 bits per heavy atom. The standard InChI is InChI=1S/C27H27FN4O3/c1-19-17-24(33)25(27(34)32(19)18-20-7-6-16-35-20)26(22-9-4-5-11-29-22)31-14-12-30(13-15-31)23-10-3-2-8-21(23)28/h2-11,16-17,26,33H,12-15,18H2,1H3/t26-/m1/s1. The van der Waals surface area contributed by atoms with Crippen LogP contribution in [0.25, 0.3) is 0 Å². The van der Waals surface area contributed by atoms with E-state index in [-0.39, 0.29) is 29.2 Å². The molecule has 3 aromatic heterocycles. The third kappa shape index (κ3) is 4.57. The van der Waals surface area contributed by atoms with Crippen LogP contribution in [0.15, 0.2) is 82.3 Å². The van der Waals surface area contributed by atoms with Crippen molar-refractivity contribution in [3.05, 3.63) is 112 Å². The molecule has 1 aliphatic heterocycles. The number of hydrogen-bond donors (Lipinski definition) is 1. The van der Waals surface area contributed by atoms with Crippen LogP contribution in [0.2, 0.25) is 0 Å². The van der Waals surface area contributed by atoms with Crippen LogP contribution < -0.4 is 10.5 Å². The molecule has 0 amide bonds. The van der Waals surface area contributed by atoms with Crippen molar-refractivity contribution in [1.29, 1.82) is 0 Å². The molecule has 4 aromatic rings. The predicted molar refractivity (Wildman–Crippen MR) is 131 cm³/mol. The second-order valence-electron chi connectivity index (χ2n) is 8.69. The molecule has 8 heteroatoms. The van der Waals surface area contributed by atoms with Gasteiger partial charge in [-0.15, -0.1) is 0 Å². The van der Waals surface area contributed by atoms with Crippen LogP contribution in [0.3, 0.4) is 0 Å². The van der Waals surface area contributed by atoms with Crippen LogP contribution in [-0.4, -0.2) is 45.7 Å². The Morgan fingerprint density at radius 3 is 2.51 bits per heavy atom. The molecule has 0 saturated carbocycles. The summed E-state index contributed by atoms with van der Waals surface area (Å²) >= 11 is 0. The summed E-state index contributed by atoms with van der Waals surface area (Å²) < 4.78 is 21.4. The number of aryl methyl sites for hydroxylation is 1. The van der Waals surface area contributed by atoms with Gasteiger partial charge >= 0.3 is 0 Å². The molecule has 4 heterocycles. The molecule has 35 heavy (non-hydrogen) atoms. The Balaban J connectivity index is 1.52. The van der Waals surface area contributed by atoms with Crippen molar-refractivity contribution in [2.75, 3.05) is 31.1 Å². The van der Waals surface area contributed by atoms with E-state index < -0.39 is 6.04 Å². The number of nitrogens with zero attached hydrogens (tertiary/aromatic N) is 4. The summed E-state index contributed by atoms with van der Waals surface area (Å²) in [6.45, 7) is 4.35. The highest BCUT2D eigenvalue weighted by Crippen LogP contribution is 2.33. The summed E-state index contributed by atoms with van der Waals surface area (Å²) in [6.07, 6.45) is 3.26. The number of para-hydroxylation sites is 1. The van der Waals surface area contributed by atoms with Gasteiger partial charge in [0.2, 0.25) is 0 Å². The number of benzene rings is 1. The minimum absolute atomic E-state index is 0.0598. The van der Waals surface area contributed by atoms with Crippen molar-refractivity contribution in [3.8, 4) is 5.75 Å². The maximum absolute atomic E-state index is 14.4. The number of halogens is 1. The van der Waals surface area contributed by atoms with Gasteiger partial charge in [-0.05, 0) is 49.4 Å². The lowest BCUT2D eigenvalue weighted by molar-refractivity contribution is 0.204. The number of piperazine rings is 1. The number of aromatic hydroxyl groups is 1. The van der Waals surface area contributed by atoms with Gasteiger partial charge < -0.3 is 19.0 Å². The van der Waals surface area contributed by atoms with Crippen molar-refractivity contribution in [2.45, 2.75) is 19.5 Å². The number of hydrogen-bond acceptors (Lipinski definition) is 6. The van der Waals surface area contributed by atoms with Gasteiger partial charge in [0, 0.05) is 38.1 Å². The van der Waals surface area contributed by atoms with E-state index in [0.29, 0.717) is 49.0 Å². The summed E-state index contributed by atoms with van der Waals surface area (Å²) in [7, 11) is 0. The topological polar surface area (TPSA) is 74.7 Å². The first kappa shape index (κ1) is 22.9. The highest BCUT2D eigenvalue weighted by Gasteiger charge is 2.32. The largest absolute Gasteiger partial charge is 0.507 e. The quantitative estimate of drug-likeness (QED) is 0.456. The SMILES string of the molecule is Cc1cc(O)c([C@@H](c2ccccn2)N2CCN(c3ccccc3F)CC2)c(=O)n1Cc1ccco1. The summed E-state index contributed by atoms with van der Waals surface area (Å²) in [5.41, 5.74) is 1.87. The van der Waals surface area contributed by atoms with Gasteiger partial charge in [0.15, 0.2) is 0 Å². The van der Waals surface area contributed by atoms with E-state index in [4.69, 9.17) is 4.42 Å². The highest BCUT2D eigenvalue weighted by atomic mass is 19.1. The lowest BCUT2D eigenvalue weighted by Crippen LogP contribution is -2.49. The number of furan rings is 1. The molecule has 0 radical (unpaired) electrons. The minimum atomic E-state index is -0.546. The first-order chi connectivity index (χ1) is 17.0. The van der Waals surface area contributed by atoms with Gasteiger partial charge in [-0.2, -0.15) is 0 Å². The smallest absolute Gasteiger partial charge is 0.260 e. The lowest BCUT2D eigenvalue weighted by atomic mass is 9.99. The van der Waals surface area contributed by atoms with E-state index in [9.17, 15) is 14.3 Å². The molecule has 1 saturated heterocycles. The molecule has 1 fully saturated rings. The maximum atomic E-state index is 14.4. The fourth-order valence-electron chi connectivity index (χ4n) is 4.77. The molecule has 1 aromatic carbocycles. The molecule has 180 valence electrons. The third-order valence-corrected chi connectivity index (χ3v) is 6.53. The lowest BCUT2D eigenvalue weighted by Gasteiger charge is -2.40. The summed E-state index contributed by atoms with van der Waals surface area (Å²) in [6, 6.07) is 17.0. The molecule has 1 N–H and O–H groups in total. The van der Waals surface area contributed by atoms with Gasteiger partial charge in [-0.25, -0.2) is 4.39 Å². The van der Waals surface area contributed by atoms with Crippen molar-refractivity contribution < 1.29 is 13.9 Å². The van der Waals surface area contributed by atoms with Gasteiger partial charge in [0.05, 0.1) is 35.8 Å². The van der Waals surface area contributed by atoms with Gasteiger partial charge in [0.25, 0.3) is 5.56 Å². The Bertz CT molecular complexity index is 1350. The third-order valence-electron chi connectivity index (χ3n) is 6.53. The van der Waals surface area contributed by atoms with Crippen LogP contribution in [0.5, 0.6) is 5.75 Å². The van der Waals surface area contributed by atoms with Crippen LogP contribution in [0.1, 0.15) is 28.8 Å². The predicted octanol–water partition coefficient (Wildman–Crippen LogP) is 3.95. The zero-order valence-electron chi connectivity index (χ0n) is 19.5. The number of aromatic nitrogens is 2. The molecule has 0 spiro atoms. The molecule has 0 bridgehead atoms. The van der Waals surface area contributed by atoms with Gasteiger partial charge in [0.1, 0.15) is 17.3 Å². The van der Waals surface area contributed by atoms with Crippen LogP contribution in [0, 0.1) is 12.7 Å². The Labute approximate surface area is 202 Å². The van der Waals surface area contributed by atoms with Crippen LogP contribution in [0.4, 0.5) is 10.1 Å². The average molecular weight is 475 g/mol. The van der Waals surface area contributed by atoms with E-state index in [1.54, 1.807) is 48.2 Å². The molecule has 5 rings (SSSR count). The summed E-state index contributed by atoms with van der Waals surface area (Å²) in [5, 5.41) is 11.0. The Morgan fingerprint density at radius 2 is 1.83 bits per heavy atom. The van der Waals surface area contributed by atoms with Crippen LogP contribution >= 0.6 is 0 Å². The molecule has 0 aliphatic carbocycles. The first-order valence-electron chi connectivity index (χ1n) is 11.6. The number of rotatable bonds is 6. The van der Waals surface area contributed by atoms with Crippen molar-refractivity contribution in [1.82, 2.24) is 14.5 Å². The molecular formula is C27H27FN4O3. The first-order valence-corrected chi connectivity index (χ1v) is 11.6. The highest BCUT2D eigenvalue weighted by molar-refractivity contribution is 5.48. The minimum Gasteiger partial charge on any atom is -0.507 e. The zero-order chi connectivity index (χ0) is 24.4. The number of anilines is 1. The van der Waals surface area contributed by atoms with Crippen LogP contribution in [-0.2, 0) is 6.54 Å². The van der Waals surface area contributed by atoms with E-state index >= 15 is 0 Å². The molecule has 0 unspecified atom stereocenters. The van der Waals surface area contributed by atoms with Crippen molar-refractivity contribution >= 4 is 5.69 Å². The fourth-order valence-corrected chi connectivity index (χ4v) is 4.77. The zero-order valence-corrected chi connectivity index (χ0v) is 19.5. The summed E-state index contributed by atoms with van der Waals surface area (Å²) in [5.74, 6) is 0.342. The Kier molecular flexibility index (Phi) is 6.37.